The van der Waals surface area contributed by atoms with E-state index in [9.17, 15) is 18.0 Å². The molecule has 0 saturated heterocycles. The van der Waals surface area contributed by atoms with Gasteiger partial charge in [-0.1, -0.05) is 25.5 Å². The molecule has 4 N–H and O–H groups in total. The van der Waals surface area contributed by atoms with E-state index in [2.05, 4.69) is 17.6 Å². The molecule has 174 valence electrons. The van der Waals surface area contributed by atoms with E-state index in [1.807, 2.05) is 6.26 Å². The average Bonchev–Trinajstić information content (AvgIpc) is 2.76. The Labute approximate surface area is 190 Å². The van der Waals surface area contributed by atoms with Crippen LogP contribution in [0.1, 0.15) is 51.0 Å². The second-order valence-corrected chi connectivity index (χ2v) is 10.7. The topological polar surface area (TPSA) is 118 Å². The molecule has 1 atom stereocenters. The number of nitrogens with two attached hydrogens (primary N) is 1. The van der Waals surface area contributed by atoms with Crippen molar-refractivity contribution in [3.63, 3.8) is 0 Å². The van der Waals surface area contributed by atoms with E-state index in [1.165, 1.54) is 12.1 Å². The lowest BCUT2D eigenvalue weighted by Gasteiger charge is -2.28. The summed E-state index contributed by atoms with van der Waals surface area (Å²) in [5.41, 5.74) is 0.894. The first-order valence-electron chi connectivity index (χ1n) is 10.9. The summed E-state index contributed by atoms with van der Waals surface area (Å²) in [5.74, 6) is 1.33. The maximum atomic E-state index is 12.7. The SMILES string of the molecule is CCC1CCC(C(=O)N[C@H](CCSC)C(=O)NCCc2ccc(S(N)(=O)=O)cc2)CC1. The van der Waals surface area contributed by atoms with E-state index in [1.54, 1.807) is 23.9 Å². The lowest BCUT2D eigenvalue weighted by Crippen LogP contribution is -2.49. The molecule has 0 bridgehead atoms. The highest BCUT2D eigenvalue weighted by Crippen LogP contribution is 2.30. The van der Waals surface area contributed by atoms with Crippen LogP contribution in [0.25, 0.3) is 0 Å². The van der Waals surface area contributed by atoms with Gasteiger partial charge in [0.05, 0.1) is 4.90 Å². The number of primary sulfonamides is 1. The van der Waals surface area contributed by atoms with E-state index in [4.69, 9.17) is 5.14 Å². The number of hydrogen-bond acceptors (Lipinski definition) is 5. The van der Waals surface area contributed by atoms with Crippen molar-refractivity contribution in [3.8, 4) is 0 Å². The highest BCUT2D eigenvalue weighted by molar-refractivity contribution is 7.98. The molecule has 2 amide bonds. The van der Waals surface area contributed by atoms with E-state index in [0.717, 1.165) is 49.3 Å². The fraction of sp³-hybridized carbons (Fsp3) is 0.636. The van der Waals surface area contributed by atoms with Gasteiger partial charge in [0.25, 0.3) is 0 Å². The van der Waals surface area contributed by atoms with Crippen molar-refractivity contribution in [2.45, 2.75) is 62.8 Å². The van der Waals surface area contributed by atoms with Crippen LogP contribution in [0.4, 0.5) is 0 Å². The van der Waals surface area contributed by atoms with Crippen LogP contribution in [0.15, 0.2) is 29.2 Å². The van der Waals surface area contributed by atoms with Crippen LogP contribution in [0.3, 0.4) is 0 Å². The predicted molar refractivity (Wildman–Crippen MR) is 125 cm³/mol. The van der Waals surface area contributed by atoms with Gasteiger partial charge in [0.2, 0.25) is 21.8 Å². The lowest BCUT2D eigenvalue weighted by atomic mass is 9.80. The van der Waals surface area contributed by atoms with E-state index in [0.29, 0.717) is 19.4 Å². The molecule has 0 aliphatic heterocycles. The molecule has 1 aromatic rings. The molecule has 0 unspecified atom stereocenters. The molecule has 1 saturated carbocycles. The normalized spacial score (nSPS) is 20.1. The quantitative estimate of drug-likeness (QED) is 0.460. The highest BCUT2D eigenvalue weighted by Gasteiger charge is 2.28. The van der Waals surface area contributed by atoms with Crippen molar-refractivity contribution in [1.29, 1.82) is 0 Å². The summed E-state index contributed by atoms with van der Waals surface area (Å²) >= 11 is 1.65. The molecule has 0 spiro atoms. The third-order valence-corrected chi connectivity index (χ3v) is 7.58. The van der Waals surface area contributed by atoms with Gasteiger partial charge in [-0.25, -0.2) is 13.6 Å². The van der Waals surface area contributed by atoms with Gasteiger partial charge in [0, 0.05) is 12.5 Å². The number of benzene rings is 1. The van der Waals surface area contributed by atoms with Crippen LogP contribution in [-0.4, -0.2) is 44.8 Å². The van der Waals surface area contributed by atoms with E-state index < -0.39 is 16.1 Å². The molecular formula is C22H35N3O4S2. The number of thioether (sulfide) groups is 1. The first-order valence-corrected chi connectivity index (χ1v) is 13.9. The Kier molecular flexibility index (Phi) is 10.3. The van der Waals surface area contributed by atoms with Gasteiger partial charge in [0.1, 0.15) is 6.04 Å². The molecule has 1 fully saturated rings. The first-order chi connectivity index (χ1) is 14.7. The van der Waals surface area contributed by atoms with Crippen molar-refractivity contribution in [1.82, 2.24) is 10.6 Å². The largest absolute Gasteiger partial charge is 0.354 e. The molecule has 2 rings (SSSR count). The Morgan fingerprint density at radius 1 is 1.16 bits per heavy atom. The van der Waals surface area contributed by atoms with Gasteiger partial charge >= 0.3 is 0 Å². The molecular weight excluding hydrogens is 434 g/mol. The van der Waals surface area contributed by atoms with Crippen LogP contribution in [0, 0.1) is 11.8 Å². The zero-order valence-electron chi connectivity index (χ0n) is 18.4. The fourth-order valence-electron chi connectivity index (χ4n) is 3.93. The molecule has 7 nitrogen and oxygen atoms in total. The minimum Gasteiger partial charge on any atom is -0.354 e. The molecule has 0 heterocycles. The zero-order chi connectivity index (χ0) is 22.9. The summed E-state index contributed by atoms with van der Waals surface area (Å²) in [4.78, 5) is 25.5. The van der Waals surface area contributed by atoms with Crippen LogP contribution in [0.5, 0.6) is 0 Å². The number of amides is 2. The average molecular weight is 470 g/mol. The van der Waals surface area contributed by atoms with Crippen molar-refractivity contribution in [2.24, 2.45) is 17.0 Å². The Balaban J connectivity index is 1.85. The van der Waals surface area contributed by atoms with Crippen molar-refractivity contribution in [2.75, 3.05) is 18.6 Å². The monoisotopic (exact) mass is 469 g/mol. The number of carbonyl (C=O) groups is 2. The lowest BCUT2D eigenvalue weighted by molar-refractivity contribution is -0.132. The van der Waals surface area contributed by atoms with Gasteiger partial charge < -0.3 is 10.6 Å². The Hall–Kier alpha value is -1.58. The van der Waals surface area contributed by atoms with Crippen molar-refractivity contribution in [3.05, 3.63) is 29.8 Å². The third kappa shape index (κ3) is 8.46. The second kappa shape index (κ2) is 12.5. The van der Waals surface area contributed by atoms with Crippen LogP contribution in [-0.2, 0) is 26.0 Å². The molecule has 1 aliphatic rings. The fourth-order valence-corrected chi connectivity index (χ4v) is 4.91. The minimum absolute atomic E-state index is 0.00437. The van der Waals surface area contributed by atoms with Gasteiger partial charge in [-0.05, 0) is 74.1 Å². The second-order valence-electron chi connectivity index (χ2n) is 8.20. The Morgan fingerprint density at radius 3 is 2.35 bits per heavy atom. The van der Waals surface area contributed by atoms with Crippen LogP contribution >= 0.6 is 11.8 Å². The Morgan fingerprint density at radius 2 is 1.81 bits per heavy atom. The third-order valence-electron chi connectivity index (χ3n) is 6.00. The maximum absolute atomic E-state index is 12.7. The smallest absolute Gasteiger partial charge is 0.242 e. The highest BCUT2D eigenvalue weighted by atomic mass is 32.2. The molecule has 0 aromatic heterocycles. The van der Waals surface area contributed by atoms with Gasteiger partial charge in [-0.2, -0.15) is 11.8 Å². The van der Waals surface area contributed by atoms with Crippen molar-refractivity contribution >= 4 is 33.6 Å². The predicted octanol–water partition coefficient (Wildman–Crippen LogP) is 2.45. The standard InChI is InChI=1S/C22H35N3O4S2/c1-3-16-4-8-18(9-5-16)21(26)25-20(13-15-30-2)22(27)24-14-12-17-6-10-19(11-7-17)31(23,28)29/h6-7,10-11,16,18,20H,3-5,8-9,12-15H2,1-2H3,(H,24,27)(H,25,26)(H2,23,28,29)/t16?,18?,20-/m1/s1. The zero-order valence-corrected chi connectivity index (χ0v) is 20.1. The number of sulfonamides is 1. The molecule has 0 radical (unpaired) electrons. The number of rotatable bonds is 11. The summed E-state index contributed by atoms with van der Waals surface area (Å²) in [6.07, 6.45) is 8.26. The summed E-state index contributed by atoms with van der Waals surface area (Å²) in [6.45, 7) is 2.60. The van der Waals surface area contributed by atoms with Crippen molar-refractivity contribution < 1.29 is 18.0 Å². The molecule has 9 heteroatoms. The summed E-state index contributed by atoms with van der Waals surface area (Å²) < 4.78 is 22.7. The molecule has 1 aromatic carbocycles. The summed E-state index contributed by atoms with van der Waals surface area (Å²) in [6, 6.07) is 5.76. The maximum Gasteiger partial charge on any atom is 0.242 e. The number of nitrogens with one attached hydrogen (secondary N) is 2. The number of carbonyl (C=O) groups excluding carboxylic acids is 2. The molecule has 1 aliphatic carbocycles. The summed E-state index contributed by atoms with van der Waals surface area (Å²) in [5, 5.41) is 11.0. The first kappa shape index (κ1) is 25.7. The summed E-state index contributed by atoms with van der Waals surface area (Å²) in [7, 11) is -3.71. The van der Waals surface area contributed by atoms with Gasteiger partial charge in [-0.15, -0.1) is 0 Å². The van der Waals surface area contributed by atoms with E-state index in [-0.39, 0.29) is 22.6 Å². The van der Waals surface area contributed by atoms with Gasteiger partial charge in [-0.3, -0.25) is 9.59 Å². The van der Waals surface area contributed by atoms with Gasteiger partial charge in [0.15, 0.2) is 0 Å². The minimum atomic E-state index is -3.71. The van der Waals surface area contributed by atoms with Crippen LogP contribution in [0.2, 0.25) is 0 Å². The Bertz CT molecular complexity index is 820. The number of hydrogen-bond donors (Lipinski definition) is 3. The van der Waals surface area contributed by atoms with Crippen LogP contribution < -0.4 is 15.8 Å². The molecule has 31 heavy (non-hydrogen) atoms. The van der Waals surface area contributed by atoms with E-state index >= 15 is 0 Å².